The Morgan fingerprint density at radius 2 is 2.23 bits per heavy atom. The summed E-state index contributed by atoms with van der Waals surface area (Å²) in [5.74, 6) is 0.767. The van der Waals surface area contributed by atoms with Crippen molar-refractivity contribution in [3.05, 3.63) is 0 Å². The lowest BCUT2D eigenvalue weighted by Crippen LogP contribution is -2.34. The van der Waals surface area contributed by atoms with Crippen LogP contribution in [0, 0.1) is 5.92 Å². The van der Waals surface area contributed by atoms with Gasteiger partial charge >= 0.3 is 0 Å². The van der Waals surface area contributed by atoms with Gasteiger partial charge in [0.1, 0.15) is 0 Å². The first-order valence-electron chi connectivity index (χ1n) is 5.40. The number of hydrogen-bond donors (Lipinski definition) is 2. The van der Waals surface area contributed by atoms with Crippen LogP contribution >= 0.6 is 0 Å². The van der Waals surface area contributed by atoms with E-state index in [-0.39, 0.29) is 0 Å². The Hall–Kier alpha value is -0.120. The van der Waals surface area contributed by atoms with Crippen molar-refractivity contribution in [2.75, 3.05) is 46.3 Å². The van der Waals surface area contributed by atoms with Crippen LogP contribution in [-0.2, 0) is 0 Å². The van der Waals surface area contributed by atoms with Crippen LogP contribution in [0.3, 0.4) is 0 Å². The molecule has 3 nitrogen and oxygen atoms in total. The summed E-state index contributed by atoms with van der Waals surface area (Å²) in [5, 5.41) is 6.66. The summed E-state index contributed by atoms with van der Waals surface area (Å²) in [5.41, 5.74) is 0. The molecule has 78 valence electrons. The molecule has 1 fully saturated rings. The maximum Gasteiger partial charge on any atom is 0.0107 e. The predicted molar refractivity (Wildman–Crippen MR) is 57.0 cm³/mol. The summed E-state index contributed by atoms with van der Waals surface area (Å²) in [6, 6.07) is 0. The summed E-state index contributed by atoms with van der Waals surface area (Å²) in [6.45, 7) is 9.51. The highest BCUT2D eigenvalue weighted by Crippen LogP contribution is 2.01. The molecule has 2 N–H and O–H groups in total. The Labute approximate surface area is 81.9 Å². The average molecular weight is 185 g/mol. The Kier molecular flexibility index (Phi) is 5.35. The standard InChI is InChI=1S/C10H23N3/c1-10(8-11-2)9-13-6-3-4-12-5-7-13/h10-12H,3-9H2,1-2H3. The highest BCUT2D eigenvalue weighted by Gasteiger charge is 2.11. The molecule has 1 saturated heterocycles. The Morgan fingerprint density at radius 1 is 1.38 bits per heavy atom. The van der Waals surface area contributed by atoms with Gasteiger partial charge in [-0.3, -0.25) is 0 Å². The highest BCUT2D eigenvalue weighted by molar-refractivity contribution is 4.68. The minimum atomic E-state index is 0.767. The molecule has 1 aliphatic rings. The summed E-state index contributed by atoms with van der Waals surface area (Å²) in [7, 11) is 2.03. The minimum Gasteiger partial charge on any atom is -0.319 e. The molecule has 0 aliphatic carbocycles. The van der Waals surface area contributed by atoms with Gasteiger partial charge < -0.3 is 15.5 Å². The average Bonchev–Trinajstić information content (AvgIpc) is 2.33. The van der Waals surface area contributed by atoms with Gasteiger partial charge in [0.25, 0.3) is 0 Å². The van der Waals surface area contributed by atoms with Crippen molar-refractivity contribution in [3.63, 3.8) is 0 Å². The van der Waals surface area contributed by atoms with Gasteiger partial charge in [-0.15, -0.1) is 0 Å². The van der Waals surface area contributed by atoms with E-state index < -0.39 is 0 Å². The quantitative estimate of drug-likeness (QED) is 0.652. The van der Waals surface area contributed by atoms with Crippen LogP contribution in [0.25, 0.3) is 0 Å². The molecule has 1 rings (SSSR count). The van der Waals surface area contributed by atoms with Crippen LogP contribution in [0.1, 0.15) is 13.3 Å². The van der Waals surface area contributed by atoms with Crippen molar-refractivity contribution in [2.45, 2.75) is 13.3 Å². The van der Waals surface area contributed by atoms with Gasteiger partial charge in [0.2, 0.25) is 0 Å². The summed E-state index contributed by atoms with van der Waals surface area (Å²) in [4.78, 5) is 2.57. The number of hydrogen-bond acceptors (Lipinski definition) is 3. The van der Waals surface area contributed by atoms with Crippen LogP contribution in [0.2, 0.25) is 0 Å². The van der Waals surface area contributed by atoms with Crippen molar-refractivity contribution in [1.82, 2.24) is 15.5 Å². The van der Waals surface area contributed by atoms with Gasteiger partial charge in [-0.1, -0.05) is 6.92 Å². The largest absolute Gasteiger partial charge is 0.319 e. The van der Waals surface area contributed by atoms with Crippen molar-refractivity contribution >= 4 is 0 Å². The van der Waals surface area contributed by atoms with Gasteiger partial charge in [0.15, 0.2) is 0 Å². The zero-order valence-electron chi connectivity index (χ0n) is 8.97. The normalized spacial score (nSPS) is 22.6. The molecule has 0 amide bonds. The molecule has 1 aliphatic heterocycles. The maximum atomic E-state index is 3.43. The zero-order chi connectivity index (χ0) is 9.52. The third-order valence-corrected chi connectivity index (χ3v) is 2.56. The molecule has 0 aromatic rings. The van der Waals surface area contributed by atoms with Crippen LogP contribution in [0.5, 0.6) is 0 Å². The molecule has 0 aromatic heterocycles. The minimum absolute atomic E-state index is 0.767. The van der Waals surface area contributed by atoms with Crippen LogP contribution in [0.15, 0.2) is 0 Å². The molecule has 1 unspecified atom stereocenters. The van der Waals surface area contributed by atoms with E-state index in [2.05, 4.69) is 22.5 Å². The molecule has 13 heavy (non-hydrogen) atoms. The van der Waals surface area contributed by atoms with Crippen LogP contribution in [-0.4, -0.2) is 51.2 Å². The lowest BCUT2D eigenvalue weighted by atomic mass is 10.1. The fourth-order valence-corrected chi connectivity index (χ4v) is 1.94. The molecule has 0 saturated carbocycles. The molecule has 0 bridgehead atoms. The lowest BCUT2D eigenvalue weighted by Gasteiger charge is -2.23. The van der Waals surface area contributed by atoms with Crippen molar-refractivity contribution in [2.24, 2.45) is 5.92 Å². The molecular weight excluding hydrogens is 162 g/mol. The van der Waals surface area contributed by atoms with E-state index in [1.54, 1.807) is 0 Å². The van der Waals surface area contributed by atoms with Crippen molar-refractivity contribution in [1.29, 1.82) is 0 Å². The highest BCUT2D eigenvalue weighted by atomic mass is 15.2. The molecule has 0 aromatic carbocycles. The Balaban J connectivity index is 2.17. The first-order chi connectivity index (χ1) is 6.33. The number of rotatable bonds is 4. The third kappa shape index (κ3) is 4.60. The van der Waals surface area contributed by atoms with Gasteiger partial charge in [0.05, 0.1) is 0 Å². The van der Waals surface area contributed by atoms with E-state index >= 15 is 0 Å². The maximum absolute atomic E-state index is 3.43. The summed E-state index contributed by atoms with van der Waals surface area (Å²) < 4.78 is 0. The van der Waals surface area contributed by atoms with Crippen molar-refractivity contribution < 1.29 is 0 Å². The van der Waals surface area contributed by atoms with E-state index in [9.17, 15) is 0 Å². The molecular formula is C10H23N3. The van der Waals surface area contributed by atoms with Crippen LogP contribution in [0.4, 0.5) is 0 Å². The van der Waals surface area contributed by atoms with Gasteiger partial charge in [-0.25, -0.2) is 0 Å². The zero-order valence-corrected chi connectivity index (χ0v) is 8.97. The number of nitrogens with one attached hydrogen (secondary N) is 2. The van der Waals surface area contributed by atoms with E-state index in [1.165, 1.54) is 32.6 Å². The van der Waals surface area contributed by atoms with Gasteiger partial charge in [-0.2, -0.15) is 0 Å². The summed E-state index contributed by atoms with van der Waals surface area (Å²) >= 11 is 0. The van der Waals surface area contributed by atoms with E-state index in [0.29, 0.717) is 0 Å². The Morgan fingerprint density at radius 3 is 3.00 bits per heavy atom. The second-order valence-electron chi connectivity index (χ2n) is 4.07. The number of nitrogens with zero attached hydrogens (tertiary/aromatic N) is 1. The second-order valence-corrected chi connectivity index (χ2v) is 4.07. The van der Waals surface area contributed by atoms with E-state index in [0.717, 1.165) is 19.0 Å². The van der Waals surface area contributed by atoms with Gasteiger partial charge in [-0.05, 0) is 39.0 Å². The molecule has 3 heteroatoms. The topological polar surface area (TPSA) is 27.3 Å². The molecule has 1 atom stereocenters. The van der Waals surface area contributed by atoms with Gasteiger partial charge in [0, 0.05) is 19.6 Å². The molecule has 0 radical (unpaired) electrons. The SMILES string of the molecule is CNCC(C)CN1CCCNCC1. The second kappa shape index (κ2) is 6.35. The lowest BCUT2D eigenvalue weighted by molar-refractivity contribution is 0.250. The van der Waals surface area contributed by atoms with Crippen LogP contribution < -0.4 is 10.6 Å². The monoisotopic (exact) mass is 185 g/mol. The van der Waals surface area contributed by atoms with Crippen molar-refractivity contribution in [3.8, 4) is 0 Å². The fraction of sp³-hybridized carbons (Fsp3) is 1.00. The first kappa shape index (κ1) is 11.0. The van der Waals surface area contributed by atoms with E-state index in [1.807, 2.05) is 7.05 Å². The molecule has 1 heterocycles. The fourth-order valence-electron chi connectivity index (χ4n) is 1.94. The van der Waals surface area contributed by atoms with E-state index in [4.69, 9.17) is 0 Å². The smallest absolute Gasteiger partial charge is 0.0107 e. The summed E-state index contributed by atoms with van der Waals surface area (Å²) in [6.07, 6.45) is 1.30. The third-order valence-electron chi connectivity index (χ3n) is 2.56. The predicted octanol–water partition coefficient (Wildman–Crippen LogP) is 0.137. The Bertz CT molecular complexity index is 119. The first-order valence-corrected chi connectivity index (χ1v) is 5.40. The molecule has 0 spiro atoms.